The van der Waals surface area contributed by atoms with Gasteiger partial charge >= 0.3 is 8.03 Å². The summed E-state index contributed by atoms with van der Waals surface area (Å²) in [5.41, 5.74) is -0.267. The summed E-state index contributed by atoms with van der Waals surface area (Å²) in [5.74, 6) is 0.256. The fourth-order valence-electron chi connectivity index (χ4n) is 0.0590. The molecule has 0 saturated carbocycles. The van der Waals surface area contributed by atoms with Crippen LogP contribution in [0, 0.1) is 5.41 Å². The molecule has 0 bridgehead atoms. The fraction of sp³-hybridized carbons (Fsp3) is 0.750. The molecule has 10 heavy (non-hydrogen) atoms. The summed E-state index contributed by atoms with van der Waals surface area (Å²) >= 11 is 5.20. The molecule has 6 heteroatoms. The monoisotopic (exact) mass is 184 g/mol. The van der Waals surface area contributed by atoms with Crippen molar-refractivity contribution in [3.05, 3.63) is 0 Å². The Morgan fingerprint density at radius 3 is 2.20 bits per heavy atom. The molecule has 0 aromatic carbocycles. The lowest BCUT2D eigenvalue weighted by Crippen LogP contribution is -1.94. The van der Waals surface area contributed by atoms with Gasteiger partial charge in [-0.25, -0.2) is 10.2 Å². The Labute approximate surface area is 64.6 Å². The molecule has 2 atom stereocenters. The molecular weight excluding hydrogens is 176 g/mol. The summed E-state index contributed by atoms with van der Waals surface area (Å²) < 4.78 is 9.99. The lowest BCUT2D eigenvalue weighted by Gasteiger charge is -1.82. The van der Waals surface area contributed by atoms with Crippen molar-refractivity contribution >= 4 is 25.7 Å². The predicted octanol–water partition coefficient (Wildman–Crippen LogP) is 1.25. The first-order chi connectivity index (χ1) is 4.59. The highest BCUT2D eigenvalue weighted by molar-refractivity contribution is 7.39. The Balaban J connectivity index is 0. The lowest BCUT2D eigenvalue weighted by molar-refractivity contribution is 0.495. The highest BCUT2D eigenvalue weighted by Gasteiger charge is 2.20. The predicted molar refractivity (Wildman–Crippen MR) is 38.4 cm³/mol. The van der Waals surface area contributed by atoms with Gasteiger partial charge in [0.05, 0.1) is 5.88 Å². The van der Waals surface area contributed by atoms with Gasteiger partial charge in [-0.05, 0) is 11.5 Å². The number of rotatable bonds is 2. The second-order valence-corrected chi connectivity index (χ2v) is 3.20. The van der Waals surface area contributed by atoms with Gasteiger partial charge in [0.2, 0.25) is 6.08 Å². The van der Waals surface area contributed by atoms with Crippen LogP contribution in [0.25, 0.3) is 0 Å². The standard InChI is InChI=1S/C3H6ClO2P.CHNO/c1-3(2-4)7(5)6;2-1-3/h3H,2H2,1H3;2H/p+1. The zero-order chi connectivity index (χ0) is 8.57. The van der Waals surface area contributed by atoms with Crippen molar-refractivity contribution in [3.8, 4) is 0 Å². The maximum Gasteiger partial charge on any atom is 0.509 e. The van der Waals surface area contributed by atoms with Crippen molar-refractivity contribution in [2.75, 3.05) is 5.88 Å². The summed E-state index contributed by atoms with van der Waals surface area (Å²) in [6.07, 6.45) is 0.750. The molecule has 0 aromatic rings. The number of carbonyl (C=O) groups excluding carboxylic acids is 1. The Morgan fingerprint density at radius 2 is 2.20 bits per heavy atom. The first kappa shape index (κ1) is 12.4. The molecule has 0 heterocycles. The van der Waals surface area contributed by atoms with Crippen LogP contribution in [0.4, 0.5) is 0 Å². The van der Waals surface area contributed by atoms with Crippen molar-refractivity contribution in [2.24, 2.45) is 0 Å². The van der Waals surface area contributed by atoms with Gasteiger partial charge in [-0.15, -0.1) is 11.6 Å². The van der Waals surface area contributed by atoms with E-state index in [-0.39, 0.29) is 11.5 Å². The van der Waals surface area contributed by atoms with Crippen molar-refractivity contribution in [1.29, 1.82) is 5.41 Å². The van der Waals surface area contributed by atoms with Crippen molar-refractivity contribution in [2.45, 2.75) is 12.6 Å². The minimum Gasteiger partial charge on any atom is -0.222 e. The van der Waals surface area contributed by atoms with Crippen molar-refractivity contribution in [3.63, 3.8) is 0 Å². The molecule has 0 aliphatic heterocycles. The highest BCUT2D eigenvalue weighted by atomic mass is 35.5. The van der Waals surface area contributed by atoms with Gasteiger partial charge in [0.1, 0.15) is 0 Å². The van der Waals surface area contributed by atoms with Crippen LogP contribution in [-0.4, -0.2) is 22.5 Å². The third-order valence-electron chi connectivity index (χ3n) is 0.600. The quantitative estimate of drug-likeness (QED) is 0.293. The zero-order valence-corrected chi connectivity index (χ0v) is 7.02. The summed E-state index contributed by atoms with van der Waals surface area (Å²) in [6.45, 7) is 1.63. The molecule has 0 radical (unpaired) electrons. The molecule has 2 N–H and O–H groups in total. The van der Waals surface area contributed by atoms with Gasteiger partial charge in [0, 0.05) is 0 Å². The first-order valence-electron chi connectivity index (χ1n) is 2.35. The van der Waals surface area contributed by atoms with Crippen LogP contribution in [0.15, 0.2) is 0 Å². The van der Waals surface area contributed by atoms with Crippen LogP contribution < -0.4 is 0 Å². The summed E-state index contributed by atoms with van der Waals surface area (Å²) in [7, 11) is -2.04. The minimum atomic E-state index is -2.04. The van der Waals surface area contributed by atoms with E-state index < -0.39 is 8.03 Å². The molecule has 0 aromatic heterocycles. The molecule has 0 amide bonds. The Kier molecular flexibility index (Phi) is 10.8. The Hall–Kier alpha value is -0.270. The molecule has 0 saturated heterocycles. The van der Waals surface area contributed by atoms with Crippen LogP contribution in [0.1, 0.15) is 6.92 Å². The van der Waals surface area contributed by atoms with Crippen LogP contribution in [0.3, 0.4) is 0 Å². The van der Waals surface area contributed by atoms with E-state index in [0.29, 0.717) is 0 Å². The molecule has 58 valence electrons. The van der Waals surface area contributed by atoms with Crippen molar-refractivity contribution < 1.29 is 14.3 Å². The van der Waals surface area contributed by atoms with Crippen LogP contribution in [0.2, 0.25) is 0 Å². The van der Waals surface area contributed by atoms with E-state index in [1.807, 2.05) is 0 Å². The maximum atomic E-state index is 9.99. The van der Waals surface area contributed by atoms with E-state index in [9.17, 15) is 4.57 Å². The molecule has 2 unspecified atom stereocenters. The summed E-state index contributed by atoms with van der Waals surface area (Å²) in [5, 5.41) is 5.40. The molecule has 0 aliphatic carbocycles. The van der Waals surface area contributed by atoms with E-state index in [0.717, 1.165) is 6.08 Å². The van der Waals surface area contributed by atoms with Gasteiger partial charge in [-0.1, -0.05) is 0 Å². The molecule has 0 spiro atoms. The maximum absolute atomic E-state index is 9.99. The molecular formula is C4H8ClNO3P+. The van der Waals surface area contributed by atoms with E-state index in [2.05, 4.69) is 0 Å². The Bertz CT molecular complexity index is 134. The SMILES string of the molecule is CC(CCl)[P+](=O)O.N=C=O. The van der Waals surface area contributed by atoms with Crippen molar-refractivity contribution in [1.82, 2.24) is 0 Å². The van der Waals surface area contributed by atoms with Crippen LogP contribution in [0.5, 0.6) is 0 Å². The zero-order valence-electron chi connectivity index (χ0n) is 5.37. The molecule has 4 nitrogen and oxygen atoms in total. The summed E-state index contributed by atoms with van der Waals surface area (Å²) in [6, 6.07) is 0. The number of hydrogen-bond acceptors (Lipinski definition) is 3. The van der Waals surface area contributed by atoms with E-state index in [1.165, 1.54) is 0 Å². The third-order valence-corrected chi connectivity index (χ3v) is 2.22. The smallest absolute Gasteiger partial charge is 0.222 e. The first-order valence-corrected chi connectivity index (χ1v) is 4.16. The van der Waals surface area contributed by atoms with Gasteiger partial charge in [0.25, 0.3) is 0 Å². The second-order valence-electron chi connectivity index (χ2n) is 1.41. The van der Waals surface area contributed by atoms with Gasteiger partial charge < -0.3 is 0 Å². The molecule has 0 fully saturated rings. The number of halogens is 1. The Morgan fingerprint density at radius 1 is 1.90 bits per heavy atom. The summed E-state index contributed by atoms with van der Waals surface area (Å²) in [4.78, 5) is 16.6. The molecule has 0 rings (SSSR count). The van der Waals surface area contributed by atoms with E-state index in [4.69, 9.17) is 26.7 Å². The van der Waals surface area contributed by atoms with Crippen LogP contribution in [-0.2, 0) is 9.36 Å². The number of hydrogen-bond donors (Lipinski definition) is 2. The van der Waals surface area contributed by atoms with E-state index >= 15 is 0 Å². The average Bonchev–Trinajstić information content (AvgIpc) is 1.88. The topological polar surface area (TPSA) is 78.2 Å². The minimum absolute atomic E-state index is 0.256. The fourth-order valence-corrected chi connectivity index (χ4v) is 0.531. The number of isocyanates is 1. The van der Waals surface area contributed by atoms with E-state index in [1.54, 1.807) is 6.92 Å². The molecule has 0 aliphatic rings. The third kappa shape index (κ3) is 10.7. The average molecular weight is 185 g/mol. The van der Waals surface area contributed by atoms with Gasteiger partial charge in [-0.3, -0.25) is 0 Å². The number of alkyl halides is 1. The van der Waals surface area contributed by atoms with Gasteiger partial charge in [-0.2, -0.15) is 4.89 Å². The number of nitrogens with one attached hydrogen (secondary N) is 1. The second kappa shape index (κ2) is 8.73. The highest BCUT2D eigenvalue weighted by Crippen LogP contribution is 2.21. The van der Waals surface area contributed by atoms with Gasteiger partial charge in [0.15, 0.2) is 5.66 Å². The normalized spacial score (nSPS) is 12.1. The van der Waals surface area contributed by atoms with Crippen LogP contribution >= 0.6 is 19.6 Å². The lowest BCUT2D eigenvalue weighted by atomic mass is 10.6. The largest absolute Gasteiger partial charge is 0.509 e.